The number of methoxy groups -OCH3 is 1. The van der Waals surface area contributed by atoms with E-state index in [4.69, 9.17) is 4.74 Å². The van der Waals surface area contributed by atoms with Crippen molar-refractivity contribution in [1.82, 2.24) is 19.9 Å². The van der Waals surface area contributed by atoms with Gasteiger partial charge in [0.05, 0.1) is 12.8 Å². The summed E-state index contributed by atoms with van der Waals surface area (Å²) < 4.78 is 6.95. The van der Waals surface area contributed by atoms with E-state index in [0.717, 1.165) is 33.1 Å². The summed E-state index contributed by atoms with van der Waals surface area (Å²) in [7, 11) is 1.62. The number of hydrogen-bond acceptors (Lipinski definition) is 6. The standard InChI is InChI=1S/C23H23N5O3S/c1-14-10-15(2)12-17(11-14)25-22(30)21(29)24-9-8-18-13-32-23-26-20(27-28(18)23)16-4-6-19(31-3)7-5-16/h4-7,10-13H,8-9H2,1-3H3,(H,24,29)(H,25,30). The highest BCUT2D eigenvalue weighted by Gasteiger charge is 2.15. The van der Waals surface area contributed by atoms with Crippen molar-refractivity contribution in [1.29, 1.82) is 0 Å². The van der Waals surface area contributed by atoms with E-state index < -0.39 is 11.8 Å². The second-order valence-corrected chi connectivity index (χ2v) is 8.26. The number of anilines is 1. The van der Waals surface area contributed by atoms with E-state index in [1.54, 1.807) is 11.6 Å². The summed E-state index contributed by atoms with van der Waals surface area (Å²) in [5.74, 6) is 0.0338. The first-order valence-electron chi connectivity index (χ1n) is 10.1. The summed E-state index contributed by atoms with van der Waals surface area (Å²) in [6, 6.07) is 13.2. The molecule has 2 amide bonds. The van der Waals surface area contributed by atoms with Crippen LogP contribution in [-0.4, -0.2) is 40.1 Å². The molecule has 0 atom stereocenters. The lowest BCUT2D eigenvalue weighted by Gasteiger charge is -2.08. The second kappa shape index (κ2) is 9.19. The Labute approximate surface area is 189 Å². The summed E-state index contributed by atoms with van der Waals surface area (Å²) in [4.78, 5) is 29.7. The van der Waals surface area contributed by atoms with Crippen molar-refractivity contribution in [3.8, 4) is 17.1 Å². The van der Waals surface area contributed by atoms with E-state index in [-0.39, 0.29) is 0 Å². The van der Waals surface area contributed by atoms with Crippen LogP contribution in [0.3, 0.4) is 0 Å². The van der Waals surface area contributed by atoms with Crippen LogP contribution in [0.1, 0.15) is 16.8 Å². The van der Waals surface area contributed by atoms with Gasteiger partial charge in [-0.1, -0.05) is 6.07 Å². The van der Waals surface area contributed by atoms with Crippen molar-refractivity contribution in [3.05, 3.63) is 64.7 Å². The van der Waals surface area contributed by atoms with Crippen LogP contribution < -0.4 is 15.4 Å². The molecule has 0 radical (unpaired) electrons. The Hall–Kier alpha value is -3.72. The molecule has 4 aromatic rings. The topological polar surface area (TPSA) is 97.6 Å². The van der Waals surface area contributed by atoms with Crippen LogP contribution in [0.2, 0.25) is 0 Å². The fraction of sp³-hybridized carbons (Fsp3) is 0.217. The van der Waals surface area contributed by atoms with Crippen LogP contribution in [0.25, 0.3) is 16.3 Å². The van der Waals surface area contributed by atoms with Gasteiger partial charge in [-0.2, -0.15) is 4.98 Å². The van der Waals surface area contributed by atoms with Crippen molar-refractivity contribution in [2.75, 3.05) is 19.0 Å². The smallest absolute Gasteiger partial charge is 0.313 e. The number of rotatable bonds is 6. The number of carbonyl (C=O) groups excluding carboxylic acids is 2. The number of fused-ring (bicyclic) bond motifs is 1. The van der Waals surface area contributed by atoms with Gasteiger partial charge in [-0.05, 0) is 61.4 Å². The molecular formula is C23H23N5O3S. The molecular weight excluding hydrogens is 426 g/mol. The van der Waals surface area contributed by atoms with Crippen molar-refractivity contribution in [2.24, 2.45) is 0 Å². The van der Waals surface area contributed by atoms with Gasteiger partial charge in [-0.3, -0.25) is 9.59 Å². The third kappa shape index (κ3) is 4.78. The number of carbonyl (C=O) groups is 2. The average Bonchev–Trinajstić information content (AvgIpc) is 3.34. The van der Waals surface area contributed by atoms with Crippen molar-refractivity contribution < 1.29 is 14.3 Å². The van der Waals surface area contributed by atoms with E-state index in [2.05, 4.69) is 20.7 Å². The number of nitrogens with zero attached hydrogens (tertiary/aromatic N) is 3. The summed E-state index contributed by atoms with van der Waals surface area (Å²) in [5, 5.41) is 11.8. The van der Waals surface area contributed by atoms with Gasteiger partial charge in [0.1, 0.15) is 5.75 Å². The van der Waals surface area contributed by atoms with Crippen LogP contribution in [0, 0.1) is 13.8 Å². The zero-order chi connectivity index (χ0) is 22.7. The van der Waals surface area contributed by atoms with Gasteiger partial charge < -0.3 is 15.4 Å². The maximum atomic E-state index is 12.2. The van der Waals surface area contributed by atoms with Crippen LogP contribution in [0.5, 0.6) is 5.75 Å². The Balaban J connectivity index is 1.36. The third-order valence-corrected chi connectivity index (χ3v) is 5.72. The molecule has 0 bridgehead atoms. The normalized spacial score (nSPS) is 10.8. The SMILES string of the molecule is COc1ccc(-c2nc3scc(CCNC(=O)C(=O)Nc4cc(C)cc(C)c4)n3n2)cc1. The molecule has 2 N–H and O–H groups in total. The summed E-state index contributed by atoms with van der Waals surface area (Å²) in [6.07, 6.45) is 0.522. The molecule has 9 heteroatoms. The minimum Gasteiger partial charge on any atom is -0.497 e. The number of aryl methyl sites for hydroxylation is 2. The molecule has 164 valence electrons. The molecule has 2 aromatic heterocycles. The van der Waals surface area contributed by atoms with Crippen molar-refractivity contribution in [3.63, 3.8) is 0 Å². The second-order valence-electron chi connectivity index (χ2n) is 7.42. The molecule has 0 aliphatic rings. The molecule has 0 unspecified atom stereocenters. The summed E-state index contributed by atoms with van der Waals surface area (Å²) >= 11 is 1.48. The minimum absolute atomic E-state index is 0.308. The predicted molar refractivity (Wildman–Crippen MR) is 124 cm³/mol. The third-order valence-electron chi connectivity index (χ3n) is 4.85. The largest absolute Gasteiger partial charge is 0.497 e. The molecule has 2 heterocycles. The Morgan fingerprint density at radius 2 is 1.78 bits per heavy atom. The molecule has 32 heavy (non-hydrogen) atoms. The maximum absolute atomic E-state index is 12.2. The average molecular weight is 450 g/mol. The molecule has 8 nitrogen and oxygen atoms in total. The Morgan fingerprint density at radius 1 is 1.06 bits per heavy atom. The molecule has 0 spiro atoms. The van der Waals surface area contributed by atoms with E-state index in [1.807, 2.05) is 61.7 Å². The van der Waals surface area contributed by atoms with Gasteiger partial charge >= 0.3 is 11.8 Å². The van der Waals surface area contributed by atoms with Crippen LogP contribution >= 0.6 is 11.3 Å². The molecule has 4 rings (SSSR count). The van der Waals surface area contributed by atoms with Crippen molar-refractivity contribution >= 4 is 33.8 Å². The molecule has 2 aromatic carbocycles. The van der Waals surface area contributed by atoms with Crippen molar-refractivity contribution in [2.45, 2.75) is 20.3 Å². The highest BCUT2D eigenvalue weighted by molar-refractivity contribution is 7.15. The monoisotopic (exact) mass is 449 g/mol. The van der Waals surface area contributed by atoms with Gasteiger partial charge in [-0.25, -0.2) is 4.52 Å². The van der Waals surface area contributed by atoms with E-state index in [9.17, 15) is 9.59 Å². The predicted octanol–water partition coefficient (Wildman–Crippen LogP) is 3.38. The summed E-state index contributed by atoms with van der Waals surface area (Å²) in [6.45, 7) is 4.19. The fourth-order valence-electron chi connectivity index (χ4n) is 3.38. The van der Waals surface area contributed by atoms with Gasteiger partial charge in [0.25, 0.3) is 0 Å². The number of amides is 2. The number of thiazole rings is 1. The van der Waals surface area contributed by atoms with Gasteiger partial charge in [0.15, 0.2) is 5.82 Å². The van der Waals surface area contributed by atoms with E-state index >= 15 is 0 Å². The van der Waals surface area contributed by atoms with Crippen LogP contribution in [0.15, 0.2) is 47.8 Å². The summed E-state index contributed by atoms with van der Waals surface area (Å²) in [5.41, 5.74) is 4.44. The molecule has 0 aliphatic heterocycles. The Bertz CT molecular complexity index is 1260. The number of nitrogens with one attached hydrogen (secondary N) is 2. The fourth-order valence-corrected chi connectivity index (χ4v) is 4.23. The number of hydrogen-bond donors (Lipinski definition) is 2. The first-order valence-corrected chi connectivity index (χ1v) is 11.0. The minimum atomic E-state index is -0.687. The van der Waals surface area contributed by atoms with Crippen LogP contribution in [0.4, 0.5) is 5.69 Å². The van der Waals surface area contributed by atoms with E-state index in [1.165, 1.54) is 11.3 Å². The molecule has 0 saturated heterocycles. The Morgan fingerprint density at radius 3 is 2.47 bits per heavy atom. The first-order chi connectivity index (χ1) is 15.4. The molecule has 0 fully saturated rings. The molecule has 0 aliphatic carbocycles. The quantitative estimate of drug-likeness (QED) is 0.440. The maximum Gasteiger partial charge on any atom is 0.313 e. The zero-order valence-electron chi connectivity index (χ0n) is 18.0. The van der Waals surface area contributed by atoms with Gasteiger partial charge in [0, 0.05) is 29.6 Å². The van der Waals surface area contributed by atoms with E-state index in [0.29, 0.717) is 24.5 Å². The molecule has 0 saturated carbocycles. The lowest BCUT2D eigenvalue weighted by Crippen LogP contribution is -2.36. The highest BCUT2D eigenvalue weighted by Crippen LogP contribution is 2.23. The number of benzene rings is 2. The number of ether oxygens (including phenoxy) is 1. The van der Waals surface area contributed by atoms with Gasteiger partial charge in [-0.15, -0.1) is 16.4 Å². The lowest BCUT2D eigenvalue weighted by atomic mass is 10.1. The number of aromatic nitrogens is 3. The van der Waals surface area contributed by atoms with Gasteiger partial charge in [0.2, 0.25) is 4.96 Å². The van der Waals surface area contributed by atoms with Crippen LogP contribution in [-0.2, 0) is 16.0 Å². The Kier molecular flexibility index (Phi) is 6.18. The zero-order valence-corrected chi connectivity index (χ0v) is 18.8. The lowest BCUT2D eigenvalue weighted by molar-refractivity contribution is -0.136. The first kappa shape index (κ1) is 21.5. The highest BCUT2D eigenvalue weighted by atomic mass is 32.1.